The molecule has 19 heavy (non-hydrogen) atoms. The standard InChI is InChI=1S/C15H13FN2O/c1-2-3-6-9-19-15-10-14(17-11-18-15)12-7-4-5-8-13(12)16/h4-5,7-8,10-11H,6,9H2,1H3. The molecular formula is C15H13FN2O. The molecule has 2 aromatic rings. The van der Waals surface area contributed by atoms with Crippen LogP contribution in [-0.2, 0) is 0 Å². The van der Waals surface area contributed by atoms with E-state index in [1.807, 2.05) is 0 Å². The third kappa shape index (κ3) is 3.52. The van der Waals surface area contributed by atoms with E-state index in [0.717, 1.165) is 0 Å². The molecule has 0 aliphatic carbocycles. The zero-order valence-corrected chi connectivity index (χ0v) is 10.6. The Morgan fingerprint density at radius 1 is 1.26 bits per heavy atom. The van der Waals surface area contributed by atoms with Gasteiger partial charge in [-0.05, 0) is 19.1 Å². The predicted octanol–water partition coefficient (Wildman–Crippen LogP) is 3.07. The lowest BCUT2D eigenvalue weighted by Crippen LogP contribution is -1.99. The summed E-state index contributed by atoms with van der Waals surface area (Å²) in [5.41, 5.74) is 0.938. The molecule has 0 aliphatic heterocycles. The van der Waals surface area contributed by atoms with Crippen LogP contribution >= 0.6 is 0 Å². The molecule has 0 amide bonds. The molecule has 2 rings (SSSR count). The van der Waals surface area contributed by atoms with Crippen molar-refractivity contribution in [3.8, 4) is 29.0 Å². The van der Waals surface area contributed by atoms with Gasteiger partial charge in [-0.1, -0.05) is 12.1 Å². The first kappa shape index (κ1) is 13.0. The summed E-state index contributed by atoms with van der Waals surface area (Å²) in [5.74, 6) is 5.79. The van der Waals surface area contributed by atoms with Gasteiger partial charge >= 0.3 is 0 Å². The Morgan fingerprint density at radius 2 is 2.11 bits per heavy atom. The van der Waals surface area contributed by atoms with E-state index < -0.39 is 0 Å². The summed E-state index contributed by atoms with van der Waals surface area (Å²) in [5, 5.41) is 0. The Balaban J connectivity index is 2.15. The topological polar surface area (TPSA) is 35.0 Å². The third-order valence-corrected chi connectivity index (χ3v) is 2.45. The number of benzene rings is 1. The van der Waals surface area contributed by atoms with Crippen molar-refractivity contribution < 1.29 is 9.13 Å². The van der Waals surface area contributed by atoms with Crippen LogP contribution in [0.4, 0.5) is 4.39 Å². The molecule has 0 unspecified atom stereocenters. The number of rotatable bonds is 4. The van der Waals surface area contributed by atoms with E-state index in [-0.39, 0.29) is 5.82 Å². The number of ether oxygens (including phenoxy) is 1. The summed E-state index contributed by atoms with van der Waals surface area (Å²) in [6.45, 7) is 2.23. The SMILES string of the molecule is CC#CCCOc1cc(-c2ccccc2F)ncn1. The molecule has 0 spiro atoms. The van der Waals surface area contributed by atoms with E-state index >= 15 is 0 Å². The quantitative estimate of drug-likeness (QED) is 0.623. The van der Waals surface area contributed by atoms with E-state index in [1.54, 1.807) is 31.2 Å². The van der Waals surface area contributed by atoms with Crippen molar-refractivity contribution in [2.45, 2.75) is 13.3 Å². The van der Waals surface area contributed by atoms with Gasteiger partial charge in [-0.3, -0.25) is 0 Å². The lowest BCUT2D eigenvalue weighted by molar-refractivity contribution is 0.314. The van der Waals surface area contributed by atoms with Gasteiger partial charge in [0.15, 0.2) is 0 Å². The Labute approximate surface area is 111 Å². The molecule has 0 N–H and O–H groups in total. The zero-order valence-electron chi connectivity index (χ0n) is 10.6. The lowest BCUT2D eigenvalue weighted by atomic mass is 10.1. The molecular weight excluding hydrogens is 243 g/mol. The van der Waals surface area contributed by atoms with Gasteiger partial charge in [-0.2, -0.15) is 0 Å². The van der Waals surface area contributed by atoms with Crippen LogP contribution in [-0.4, -0.2) is 16.6 Å². The van der Waals surface area contributed by atoms with Crippen LogP contribution in [0.1, 0.15) is 13.3 Å². The van der Waals surface area contributed by atoms with E-state index in [1.165, 1.54) is 12.4 Å². The van der Waals surface area contributed by atoms with Crippen LogP contribution in [0.2, 0.25) is 0 Å². The first-order chi connectivity index (χ1) is 9.31. The van der Waals surface area contributed by atoms with Gasteiger partial charge in [0.05, 0.1) is 5.69 Å². The molecule has 3 nitrogen and oxygen atoms in total. The van der Waals surface area contributed by atoms with Gasteiger partial charge < -0.3 is 4.74 Å². The van der Waals surface area contributed by atoms with Crippen LogP contribution in [0.5, 0.6) is 5.88 Å². The fourth-order valence-corrected chi connectivity index (χ4v) is 1.57. The highest BCUT2D eigenvalue weighted by molar-refractivity contribution is 5.60. The predicted molar refractivity (Wildman–Crippen MR) is 71.0 cm³/mol. The van der Waals surface area contributed by atoms with Gasteiger partial charge in [-0.25, -0.2) is 14.4 Å². The average molecular weight is 256 g/mol. The van der Waals surface area contributed by atoms with E-state index in [0.29, 0.717) is 30.2 Å². The van der Waals surface area contributed by atoms with Crippen LogP contribution in [0.3, 0.4) is 0 Å². The molecule has 0 saturated carbocycles. The maximum Gasteiger partial charge on any atom is 0.216 e. The monoisotopic (exact) mass is 256 g/mol. The molecule has 0 fully saturated rings. The average Bonchev–Trinajstić information content (AvgIpc) is 2.44. The third-order valence-electron chi connectivity index (χ3n) is 2.45. The highest BCUT2D eigenvalue weighted by Crippen LogP contribution is 2.22. The second-order valence-electron chi connectivity index (χ2n) is 3.75. The van der Waals surface area contributed by atoms with Gasteiger partial charge in [0.1, 0.15) is 18.8 Å². The van der Waals surface area contributed by atoms with Crippen LogP contribution in [0.15, 0.2) is 36.7 Å². The van der Waals surface area contributed by atoms with Gasteiger partial charge in [0.2, 0.25) is 5.88 Å². The fraction of sp³-hybridized carbons (Fsp3) is 0.200. The summed E-state index contributed by atoms with van der Waals surface area (Å²) < 4.78 is 19.1. The normalized spacial score (nSPS) is 9.58. The Morgan fingerprint density at radius 3 is 2.89 bits per heavy atom. The van der Waals surface area contributed by atoms with Crippen molar-refractivity contribution in [3.63, 3.8) is 0 Å². The summed E-state index contributed by atoms with van der Waals surface area (Å²) in [7, 11) is 0. The number of hydrogen-bond donors (Lipinski definition) is 0. The highest BCUT2D eigenvalue weighted by atomic mass is 19.1. The number of nitrogens with zero attached hydrogens (tertiary/aromatic N) is 2. The Kier molecular flexibility index (Phi) is 4.46. The maximum absolute atomic E-state index is 13.6. The van der Waals surface area contributed by atoms with Crippen LogP contribution in [0.25, 0.3) is 11.3 Å². The minimum absolute atomic E-state index is 0.316. The lowest BCUT2D eigenvalue weighted by Gasteiger charge is -2.05. The molecule has 4 heteroatoms. The largest absolute Gasteiger partial charge is 0.477 e. The van der Waals surface area contributed by atoms with Crippen molar-refractivity contribution in [1.29, 1.82) is 0 Å². The smallest absolute Gasteiger partial charge is 0.216 e. The Hall–Kier alpha value is -2.41. The van der Waals surface area contributed by atoms with Gasteiger partial charge in [-0.15, -0.1) is 11.8 Å². The van der Waals surface area contributed by atoms with Crippen LogP contribution in [0, 0.1) is 17.7 Å². The van der Waals surface area contributed by atoms with Crippen LogP contribution < -0.4 is 4.74 Å². The second-order valence-corrected chi connectivity index (χ2v) is 3.75. The highest BCUT2D eigenvalue weighted by Gasteiger charge is 2.07. The fourth-order valence-electron chi connectivity index (χ4n) is 1.57. The first-order valence-corrected chi connectivity index (χ1v) is 5.90. The van der Waals surface area contributed by atoms with Crippen molar-refractivity contribution in [3.05, 3.63) is 42.5 Å². The van der Waals surface area contributed by atoms with E-state index in [4.69, 9.17) is 4.74 Å². The molecule has 0 atom stereocenters. The minimum atomic E-state index is -0.316. The summed E-state index contributed by atoms with van der Waals surface area (Å²) in [4.78, 5) is 8.04. The van der Waals surface area contributed by atoms with E-state index in [2.05, 4.69) is 21.8 Å². The molecule has 0 aliphatic rings. The van der Waals surface area contributed by atoms with Gasteiger partial charge in [0, 0.05) is 18.1 Å². The second kappa shape index (κ2) is 6.50. The maximum atomic E-state index is 13.6. The molecule has 0 radical (unpaired) electrons. The number of halogens is 1. The molecule has 0 saturated heterocycles. The molecule has 1 aromatic carbocycles. The van der Waals surface area contributed by atoms with E-state index in [9.17, 15) is 4.39 Å². The minimum Gasteiger partial charge on any atom is -0.477 e. The molecule has 1 aromatic heterocycles. The number of aromatic nitrogens is 2. The summed E-state index contributed by atoms with van der Waals surface area (Å²) in [6, 6.07) is 8.09. The van der Waals surface area contributed by atoms with Gasteiger partial charge in [0.25, 0.3) is 0 Å². The molecule has 0 bridgehead atoms. The summed E-state index contributed by atoms with van der Waals surface area (Å²) in [6.07, 6.45) is 2.00. The first-order valence-electron chi connectivity index (χ1n) is 5.90. The Bertz CT molecular complexity index is 617. The molecule has 96 valence electrons. The van der Waals surface area contributed by atoms with Crippen molar-refractivity contribution in [1.82, 2.24) is 9.97 Å². The molecule has 1 heterocycles. The number of hydrogen-bond acceptors (Lipinski definition) is 3. The van der Waals surface area contributed by atoms with Crippen molar-refractivity contribution in [2.75, 3.05) is 6.61 Å². The van der Waals surface area contributed by atoms with Crippen molar-refractivity contribution >= 4 is 0 Å². The summed E-state index contributed by atoms with van der Waals surface area (Å²) >= 11 is 0. The zero-order chi connectivity index (χ0) is 13.5. The van der Waals surface area contributed by atoms with Crippen molar-refractivity contribution in [2.24, 2.45) is 0 Å².